The van der Waals surface area contributed by atoms with Crippen LogP contribution in [0.5, 0.6) is 0 Å². The zero-order valence-corrected chi connectivity index (χ0v) is 19.1. The van der Waals surface area contributed by atoms with E-state index in [2.05, 4.69) is 85.1 Å². The fraction of sp³-hybridized carbons (Fsp3) is 0.240. The second-order valence-corrected chi connectivity index (χ2v) is 10.0. The van der Waals surface area contributed by atoms with Crippen LogP contribution in [-0.2, 0) is 0 Å². The lowest BCUT2D eigenvalue weighted by molar-refractivity contribution is 0.443. The van der Waals surface area contributed by atoms with Crippen molar-refractivity contribution < 1.29 is 4.39 Å². The van der Waals surface area contributed by atoms with Crippen LogP contribution in [0.15, 0.2) is 84.9 Å². The van der Waals surface area contributed by atoms with E-state index < -0.39 is 7.92 Å². The molecule has 2 N–H and O–H groups in total. The van der Waals surface area contributed by atoms with E-state index in [1.807, 2.05) is 0 Å². The third-order valence-corrected chi connectivity index (χ3v) is 8.09. The first kappa shape index (κ1) is 22.4. The number of benzene rings is 3. The molecule has 2 nitrogen and oxygen atoms in total. The molecule has 156 valence electrons. The number of rotatable bonds is 8. The van der Waals surface area contributed by atoms with Gasteiger partial charge in [0, 0.05) is 11.7 Å². The molecule has 0 aromatic heterocycles. The normalized spacial score (nSPS) is 12.9. The van der Waals surface area contributed by atoms with Gasteiger partial charge in [0.15, 0.2) is 5.11 Å². The maximum Gasteiger partial charge on any atom is 0.171 e. The third-order valence-electron chi connectivity index (χ3n) is 5.26. The third kappa shape index (κ3) is 6.35. The minimum absolute atomic E-state index is 0.224. The van der Waals surface area contributed by atoms with Crippen molar-refractivity contribution in [2.45, 2.75) is 26.3 Å². The summed E-state index contributed by atoms with van der Waals surface area (Å²) in [5, 5.41) is 10.0. The molecule has 2 unspecified atom stereocenters. The van der Waals surface area contributed by atoms with Gasteiger partial charge in [-0.1, -0.05) is 80.9 Å². The second-order valence-electron chi connectivity index (χ2n) is 7.38. The number of hydrogen-bond donors (Lipinski definition) is 2. The Morgan fingerprint density at radius 2 is 1.43 bits per heavy atom. The van der Waals surface area contributed by atoms with Gasteiger partial charge in [0.25, 0.3) is 0 Å². The first-order chi connectivity index (χ1) is 14.6. The zero-order chi connectivity index (χ0) is 21.3. The molecular formula is C25H28FN2PS. The Morgan fingerprint density at radius 3 is 1.93 bits per heavy atom. The van der Waals surface area contributed by atoms with Crippen LogP contribution in [0.3, 0.4) is 0 Å². The highest BCUT2D eigenvalue weighted by atomic mass is 32.1. The maximum absolute atomic E-state index is 13.2. The average molecular weight is 439 g/mol. The predicted molar refractivity (Wildman–Crippen MR) is 133 cm³/mol. The summed E-state index contributed by atoms with van der Waals surface area (Å²) in [4.78, 5) is 0. The predicted octanol–water partition coefficient (Wildman–Crippen LogP) is 5.66. The van der Waals surface area contributed by atoms with E-state index in [0.717, 1.165) is 18.3 Å². The fourth-order valence-electron chi connectivity index (χ4n) is 3.29. The fourth-order valence-corrected chi connectivity index (χ4v) is 6.19. The molecule has 0 amide bonds. The smallest absolute Gasteiger partial charge is 0.171 e. The number of halogens is 1. The monoisotopic (exact) mass is 438 g/mol. The van der Waals surface area contributed by atoms with Crippen molar-refractivity contribution in [3.05, 3.63) is 90.7 Å². The SMILES string of the molecule is CCC(C)C(CP(c1ccccc1)c1ccccc1)NC(=S)Nc1ccc(F)cc1. The van der Waals surface area contributed by atoms with Crippen molar-refractivity contribution in [3.63, 3.8) is 0 Å². The summed E-state index contributed by atoms with van der Waals surface area (Å²) in [7, 11) is -0.522. The molecule has 3 aromatic rings. The Kier molecular flexibility index (Phi) is 8.36. The van der Waals surface area contributed by atoms with Crippen LogP contribution in [0.4, 0.5) is 10.1 Å². The van der Waals surface area contributed by atoms with Crippen LogP contribution < -0.4 is 21.2 Å². The second kappa shape index (κ2) is 11.2. The lowest BCUT2D eigenvalue weighted by Crippen LogP contribution is -2.44. The van der Waals surface area contributed by atoms with Crippen molar-refractivity contribution in [3.8, 4) is 0 Å². The highest BCUT2D eigenvalue weighted by molar-refractivity contribution is 7.80. The molecule has 0 radical (unpaired) electrons. The van der Waals surface area contributed by atoms with E-state index in [0.29, 0.717) is 11.0 Å². The molecule has 3 rings (SSSR count). The largest absolute Gasteiger partial charge is 0.359 e. The molecule has 30 heavy (non-hydrogen) atoms. The lowest BCUT2D eigenvalue weighted by Gasteiger charge is -2.30. The van der Waals surface area contributed by atoms with Gasteiger partial charge in [0.05, 0.1) is 0 Å². The summed E-state index contributed by atoms with van der Waals surface area (Å²) in [5.74, 6) is 0.198. The Hall–Kier alpha value is -2.29. The topological polar surface area (TPSA) is 24.1 Å². The van der Waals surface area contributed by atoms with Gasteiger partial charge < -0.3 is 10.6 Å². The van der Waals surface area contributed by atoms with Gasteiger partial charge in [-0.25, -0.2) is 4.39 Å². The molecule has 0 heterocycles. The molecule has 0 saturated heterocycles. The summed E-state index contributed by atoms with van der Waals surface area (Å²) in [6, 6.07) is 27.9. The molecule has 0 aliphatic carbocycles. The highest BCUT2D eigenvalue weighted by Crippen LogP contribution is 2.36. The summed E-state index contributed by atoms with van der Waals surface area (Å²) < 4.78 is 13.2. The highest BCUT2D eigenvalue weighted by Gasteiger charge is 2.24. The average Bonchev–Trinajstić information content (AvgIpc) is 2.78. The molecule has 0 aliphatic heterocycles. The zero-order valence-electron chi connectivity index (χ0n) is 17.4. The van der Waals surface area contributed by atoms with Gasteiger partial charge in [0.1, 0.15) is 5.82 Å². The van der Waals surface area contributed by atoms with Crippen LogP contribution in [0.1, 0.15) is 20.3 Å². The van der Waals surface area contributed by atoms with Crippen LogP contribution >= 0.6 is 20.1 Å². The van der Waals surface area contributed by atoms with Crippen molar-refractivity contribution >= 4 is 41.5 Å². The van der Waals surface area contributed by atoms with Gasteiger partial charge in [-0.2, -0.15) is 0 Å². The number of anilines is 1. The first-order valence-electron chi connectivity index (χ1n) is 10.3. The number of thiocarbonyl (C=S) groups is 1. The van der Waals surface area contributed by atoms with Crippen molar-refractivity contribution in [1.82, 2.24) is 5.32 Å². The lowest BCUT2D eigenvalue weighted by atomic mass is 10.0. The molecule has 0 saturated carbocycles. The molecular weight excluding hydrogens is 410 g/mol. The van der Waals surface area contributed by atoms with E-state index in [-0.39, 0.29) is 11.9 Å². The van der Waals surface area contributed by atoms with Crippen LogP contribution in [0, 0.1) is 11.7 Å². The van der Waals surface area contributed by atoms with Gasteiger partial charge >= 0.3 is 0 Å². The summed E-state index contributed by atoms with van der Waals surface area (Å²) in [6.07, 6.45) is 2.05. The molecule has 0 spiro atoms. The molecule has 2 atom stereocenters. The van der Waals surface area contributed by atoms with Gasteiger partial charge in [-0.15, -0.1) is 0 Å². The standard InChI is InChI=1S/C25H28FN2PS/c1-3-19(2)24(28-25(30)27-21-16-14-20(26)15-17-21)18-29(22-10-6-4-7-11-22)23-12-8-5-9-13-23/h4-17,19,24H,3,18H2,1-2H3,(H2,27,28,30). The summed E-state index contributed by atoms with van der Waals surface area (Å²) in [5.41, 5.74) is 0.783. The molecule has 0 aliphatic rings. The number of hydrogen-bond acceptors (Lipinski definition) is 1. The summed E-state index contributed by atoms with van der Waals surface area (Å²) in [6.45, 7) is 4.48. The molecule has 5 heteroatoms. The first-order valence-corrected chi connectivity index (χ1v) is 12.2. The van der Waals surface area contributed by atoms with Crippen LogP contribution in [0.25, 0.3) is 0 Å². The van der Waals surface area contributed by atoms with E-state index >= 15 is 0 Å². The van der Waals surface area contributed by atoms with Crippen molar-refractivity contribution in [2.75, 3.05) is 11.5 Å². The number of nitrogens with one attached hydrogen (secondary N) is 2. The minimum atomic E-state index is -0.522. The van der Waals surface area contributed by atoms with Crippen LogP contribution in [-0.4, -0.2) is 17.3 Å². The molecule has 0 bridgehead atoms. The van der Waals surface area contributed by atoms with Gasteiger partial charge in [0.2, 0.25) is 0 Å². The Morgan fingerprint density at radius 1 is 0.900 bits per heavy atom. The van der Waals surface area contributed by atoms with Crippen LogP contribution in [0.2, 0.25) is 0 Å². The molecule has 0 fully saturated rings. The Bertz CT molecular complexity index is 879. The molecule has 3 aromatic carbocycles. The Labute approximate surface area is 185 Å². The van der Waals surface area contributed by atoms with Crippen molar-refractivity contribution in [2.24, 2.45) is 5.92 Å². The quantitative estimate of drug-likeness (QED) is 0.351. The minimum Gasteiger partial charge on any atom is -0.359 e. The van der Waals surface area contributed by atoms with E-state index in [4.69, 9.17) is 12.2 Å². The maximum atomic E-state index is 13.2. The van der Waals surface area contributed by atoms with E-state index in [1.165, 1.54) is 22.7 Å². The van der Waals surface area contributed by atoms with E-state index in [9.17, 15) is 4.39 Å². The summed E-state index contributed by atoms with van der Waals surface area (Å²) >= 11 is 5.59. The van der Waals surface area contributed by atoms with Crippen molar-refractivity contribution in [1.29, 1.82) is 0 Å². The van der Waals surface area contributed by atoms with Gasteiger partial charge in [-0.3, -0.25) is 0 Å². The van der Waals surface area contributed by atoms with Gasteiger partial charge in [-0.05, 0) is 67.1 Å². The Balaban J connectivity index is 1.79. The van der Waals surface area contributed by atoms with E-state index in [1.54, 1.807) is 12.1 Å².